The number of para-hydroxylation sites is 1. The van der Waals surface area contributed by atoms with Gasteiger partial charge in [0.25, 0.3) is 5.91 Å². The maximum atomic E-state index is 12.1. The first-order chi connectivity index (χ1) is 14.2. The van der Waals surface area contributed by atoms with E-state index in [-0.39, 0.29) is 11.7 Å². The van der Waals surface area contributed by atoms with Crippen molar-refractivity contribution >= 4 is 17.6 Å². The first kappa shape index (κ1) is 20.5. The summed E-state index contributed by atoms with van der Waals surface area (Å²) in [7, 11) is 0. The molecule has 0 bridgehead atoms. The van der Waals surface area contributed by atoms with E-state index in [9.17, 15) is 9.90 Å². The van der Waals surface area contributed by atoms with E-state index in [1.807, 2.05) is 6.07 Å². The van der Waals surface area contributed by atoms with Gasteiger partial charge < -0.3 is 25.5 Å². The molecule has 0 atom stereocenters. The van der Waals surface area contributed by atoms with Crippen LogP contribution in [0.3, 0.4) is 0 Å². The van der Waals surface area contributed by atoms with E-state index >= 15 is 0 Å². The Morgan fingerprint density at radius 2 is 1.69 bits per heavy atom. The van der Waals surface area contributed by atoms with Crippen LogP contribution in [0, 0.1) is 0 Å². The summed E-state index contributed by atoms with van der Waals surface area (Å²) in [4.78, 5) is 21.5. The number of anilines is 1. The van der Waals surface area contributed by atoms with Crippen molar-refractivity contribution in [3.63, 3.8) is 0 Å². The van der Waals surface area contributed by atoms with Crippen molar-refractivity contribution < 1.29 is 9.90 Å². The van der Waals surface area contributed by atoms with E-state index in [0.717, 1.165) is 38.7 Å². The summed E-state index contributed by atoms with van der Waals surface area (Å²) in [5.74, 6) is 0.870. The number of phenols is 1. The number of guanidine groups is 1. The first-order valence-corrected chi connectivity index (χ1v) is 10.1. The zero-order chi connectivity index (χ0) is 20.5. The molecule has 2 aromatic rings. The molecule has 2 aromatic carbocycles. The molecule has 7 nitrogen and oxygen atoms in total. The van der Waals surface area contributed by atoms with Gasteiger partial charge in [0.15, 0.2) is 5.96 Å². The average Bonchev–Trinajstić information content (AvgIpc) is 2.77. The van der Waals surface area contributed by atoms with Gasteiger partial charge in [0.05, 0.1) is 6.54 Å². The second kappa shape index (κ2) is 10.4. The van der Waals surface area contributed by atoms with Crippen LogP contribution < -0.4 is 15.5 Å². The van der Waals surface area contributed by atoms with Gasteiger partial charge in [-0.05, 0) is 43.3 Å². The fourth-order valence-electron chi connectivity index (χ4n) is 3.29. The Morgan fingerprint density at radius 3 is 2.34 bits per heavy atom. The quantitative estimate of drug-likeness (QED) is 0.396. The maximum absolute atomic E-state index is 12.1. The molecule has 1 fully saturated rings. The number of phenolic OH excluding ortho intramolecular Hbond substituents is 1. The minimum Gasteiger partial charge on any atom is -0.508 e. The van der Waals surface area contributed by atoms with Crippen LogP contribution in [0.4, 0.5) is 5.69 Å². The number of aromatic hydroxyl groups is 1. The van der Waals surface area contributed by atoms with Gasteiger partial charge in [-0.1, -0.05) is 18.2 Å². The second-order valence-corrected chi connectivity index (χ2v) is 6.85. The number of nitrogens with one attached hydrogen (secondary N) is 2. The van der Waals surface area contributed by atoms with Crippen molar-refractivity contribution in [2.75, 3.05) is 50.7 Å². The predicted molar refractivity (Wildman–Crippen MR) is 117 cm³/mol. The van der Waals surface area contributed by atoms with Gasteiger partial charge in [0, 0.05) is 50.5 Å². The summed E-state index contributed by atoms with van der Waals surface area (Å²) >= 11 is 0. The van der Waals surface area contributed by atoms with E-state index in [1.54, 1.807) is 12.1 Å². The highest BCUT2D eigenvalue weighted by atomic mass is 16.3. The normalized spacial score (nSPS) is 14.6. The third kappa shape index (κ3) is 5.88. The largest absolute Gasteiger partial charge is 0.508 e. The lowest BCUT2D eigenvalue weighted by atomic mass is 10.2. The summed E-state index contributed by atoms with van der Waals surface area (Å²) in [6, 6.07) is 16.7. The molecule has 3 rings (SSSR count). The molecule has 0 aliphatic carbocycles. The fourth-order valence-corrected chi connectivity index (χ4v) is 3.29. The van der Waals surface area contributed by atoms with E-state index in [4.69, 9.17) is 0 Å². The molecule has 29 heavy (non-hydrogen) atoms. The molecule has 0 spiro atoms. The zero-order valence-electron chi connectivity index (χ0n) is 16.8. The molecule has 1 heterocycles. The Bertz CT molecular complexity index is 800. The van der Waals surface area contributed by atoms with Gasteiger partial charge in [0.1, 0.15) is 5.75 Å². The summed E-state index contributed by atoms with van der Waals surface area (Å²) in [5.41, 5.74) is 1.78. The molecular formula is C22H29N5O2. The molecule has 0 saturated carbocycles. The fraction of sp³-hybridized carbons (Fsp3) is 0.364. The van der Waals surface area contributed by atoms with Crippen LogP contribution in [0.25, 0.3) is 0 Å². The minimum atomic E-state index is -0.165. The number of benzene rings is 2. The summed E-state index contributed by atoms with van der Waals surface area (Å²) in [6.45, 7) is 7.53. The van der Waals surface area contributed by atoms with Crippen LogP contribution in [0.1, 0.15) is 17.3 Å². The van der Waals surface area contributed by atoms with Gasteiger partial charge in [-0.15, -0.1) is 0 Å². The second-order valence-electron chi connectivity index (χ2n) is 6.85. The van der Waals surface area contributed by atoms with Crippen LogP contribution in [-0.4, -0.2) is 67.7 Å². The third-order valence-corrected chi connectivity index (χ3v) is 4.82. The molecular weight excluding hydrogens is 366 g/mol. The van der Waals surface area contributed by atoms with E-state index < -0.39 is 0 Å². The van der Waals surface area contributed by atoms with Crippen LogP contribution >= 0.6 is 0 Å². The Morgan fingerprint density at radius 1 is 1.00 bits per heavy atom. The van der Waals surface area contributed by atoms with Crippen molar-refractivity contribution in [3.8, 4) is 5.75 Å². The summed E-state index contributed by atoms with van der Waals surface area (Å²) in [5, 5.41) is 15.5. The van der Waals surface area contributed by atoms with Gasteiger partial charge >= 0.3 is 0 Å². The van der Waals surface area contributed by atoms with Crippen LogP contribution in [0.2, 0.25) is 0 Å². The summed E-state index contributed by atoms with van der Waals surface area (Å²) < 4.78 is 0. The first-order valence-electron chi connectivity index (χ1n) is 10.1. The molecule has 1 amide bonds. The number of nitrogens with zero attached hydrogens (tertiary/aromatic N) is 3. The Hall–Kier alpha value is -3.22. The highest BCUT2D eigenvalue weighted by molar-refractivity contribution is 5.94. The van der Waals surface area contributed by atoms with Gasteiger partial charge in [-0.2, -0.15) is 0 Å². The molecule has 1 aliphatic heterocycles. The lowest BCUT2D eigenvalue weighted by Gasteiger charge is -2.37. The Labute approximate surface area is 172 Å². The number of rotatable bonds is 6. The standard InChI is InChI=1S/C22H29N5O2/c1-2-23-22(25-13-12-24-21(29)18-8-10-20(28)11-9-18)27-16-14-26(15-17-27)19-6-4-3-5-7-19/h3-11,28H,2,12-17H2,1H3,(H,23,25)(H,24,29). The van der Waals surface area contributed by atoms with E-state index in [2.05, 4.69) is 56.6 Å². The molecule has 154 valence electrons. The number of hydrogen-bond donors (Lipinski definition) is 3. The lowest BCUT2D eigenvalue weighted by molar-refractivity contribution is 0.0955. The highest BCUT2D eigenvalue weighted by Gasteiger charge is 2.19. The molecule has 0 aromatic heterocycles. The average molecular weight is 396 g/mol. The smallest absolute Gasteiger partial charge is 0.251 e. The third-order valence-electron chi connectivity index (χ3n) is 4.82. The number of aliphatic imine (C=N–C) groups is 1. The zero-order valence-corrected chi connectivity index (χ0v) is 16.8. The van der Waals surface area contributed by atoms with Gasteiger partial charge in [0.2, 0.25) is 0 Å². The highest BCUT2D eigenvalue weighted by Crippen LogP contribution is 2.15. The van der Waals surface area contributed by atoms with Gasteiger partial charge in [-0.25, -0.2) is 0 Å². The maximum Gasteiger partial charge on any atom is 0.251 e. The van der Waals surface area contributed by atoms with Gasteiger partial charge in [-0.3, -0.25) is 9.79 Å². The lowest BCUT2D eigenvalue weighted by Crippen LogP contribution is -2.52. The number of piperazine rings is 1. The topological polar surface area (TPSA) is 80.2 Å². The minimum absolute atomic E-state index is 0.147. The Kier molecular flexibility index (Phi) is 7.33. The van der Waals surface area contributed by atoms with Crippen molar-refractivity contribution in [3.05, 3.63) is 60.2 Å². The monoisotopic (exact) mass is 395 g/mol. The van der Waals surface area contributed by atoms with Crippen molar-refractivity contribution in [1.29, 1.82) is 0 Å². The molecule has 3 N–H and O–H groups in total. The van der Waals surface area contributed by atoms with Crippen LogP contribution in [-0.2, 0) is 0 Å². The van der Waals surface area contributed by atoms with Crippen LogP contribution in [0.15, 0.2) is 59.6 Å². The predicted octanol–water partition coefficient (Wildman–Crippen LogP) is 1.91. The molecule has 1 aliphatic rings. The molecule has 0 unspecified atom stereocenters. The van der Waals surface area contributed by atoms with Crippen LogP contribution in [0.5, 0.6) is 5.75 Å². The number of carbonyl (C=O) groups excluding carboxylic acids is 1. The number of carbonyl (C=O) groups is 1. The molecule has 7 heteroatoms. The Balaban J connectivity index is 1.48. The van der Waals surface area contributed by atoms with Crippen molar-refractivity contribution in [2.45, 2.75) is 6.92 Å². The van der Waals surface area contributed by atoms with E-state index in [1.165, 1.54) is 17.8 Å². The SMILES string of the molecule is CCNC(=NCCNC(=O)c1ccc(O)cc1)N1CCN(c2ccccc2)CC1. The molecule has 0 radical (unpaired) electrons. The van der Waals surface area contributed by atoms with Crippen molar-refractivity contribution in [1.82, 2.24) is 15.5 Å². The van der Waals surface area contributed by atoms with E-state index in [0.29, 0.717) is 18.7 Å². The number of hydrogen-bond acceptors (Lipinski definition) is 4. The number of amides is 1. The summed E-state index contributed by atoms with van der Waals surface area (Å²) in [6.07, 6.45) is 0. The molecule has 1 saturated heterocycles. The van der Waals surface area contributed by atoms with Crippen molar-refractivity contribution in [2.24, 2.45) is 4.99 Å².